The molecular weight excluding hydrogens is 280 g/mol. The van der Waals surface area contributed by atoms with Crippen molar-refractivity contribution >= 4 is 5.91 Å². The normalized spacial score (nSPS) is 24.3. The Hall–Kier alpha value is -1.47. The molecule has 0 aliphatic carbocycles. The summed E-state index contributed by atoms with van der Waals surface area (Å²) < 4.78 is 0. The molecule has 0 saturated carbocycles. The van der Waals surface area contributed by atoms with Gasteiger partial charge < -0.3 is 9.80 Å². The van der Waals surface area contributed by atoms with Crippen molar-refractivity contribution in [2.75, 3.05) is 46.8 Å². The average molecular weight is 306 g/mol. The van der Waals surface area contributed by atoms with Crippen LogP contribution in [0.25, 0.3) is 0 Å². The van der Waals surface area contributed by atoms with Crippen LogP contribution in [-0.2, 0) is 4.79 Å². The maximum atomic E-state index is 12.5. The number of nitrogens with one attached hydrogen (secondary N) is 1. The summed E-state index contributed by atoms with van der Waals surface area (Å²) in [6.07, 6.45) is 4.66. The van der Waals surface area contributed by atoms with Crippen molar-refractivity contribution < 1.29 is 4.79 Å². The van der Waals surface area contributed by atoms with Gasteiger partial charge in [0.2, 0.25) is 5.91 Å². The molecule has 3 heterocycles. The van der Waals surface area contributed by atoms with Gasteiger partial charge in [-0.3, -0.25) is 14.8 Å². The first-order valence-electron chi connectivity index (χ1n) is 8.15. The van der Waals surface area contributed by atoms with E-state index in [1.54, 1.807) is 6.33 Å². The Balaban J connectivity index is 1.44. The van der Waals surface area contributed by atoms with Crippen molar-refractivity contribution in [2.24, 2.45) is 0 Å². The van der Waals surface area contributed by atoms with E-state index in [4.69, 9.17) is 0 Å². The Morgan fingerprint density at radius 3 is 2.68 bits per heavy atom. The van der Waals surface area contributed by atoms with Crippen LogP contribution in [0.4, 0.5) is 0 Å². The number of likely N-dealkylation sites (tertiary alicyclic amines) is 2. The van der Waals surface area contributed by atoms with E-state index in [2.05, 4.69) is 39.1 Å². The van der Waals surface area contributed by atoms with Crippen LogP contribution < -0.4 is 0 Å². The molecule has 0 spiro atoms. The fraction of sp³-hybridized carbons (Fsp3) is 0.800. The lowest BCUT2D eigenvalue weighted by molar-refractivity contribution is -0.133. The molecule has 0 unspecified atom stereocenters. The molecule has 2 aliphatic rings. The average Bonchev–Trinajstić information content (AvgIpc) is 3.19. The summed E-state index contributed by atoms with van der Waals surface area (Å²) >= 11 is 0. The van der Waals surface area contributed by atoms with Crippen LogP contribution in [0.5, 0.6) is 0 Å². The van der Waals surface area contributed by atoms with Crippen LogP contribution in [0, 0.1) is 0 Å². The SMILES string of the molecule is CN(C)[C@H]1CCN(CC(=O)N2CCC(c3ncn[nH]3)CC2)C1. The van der Waals surface area contributed by atoms with Crippen LogP contribution in [0.1, 0.15) is 31.0 Å². The minimum Gasteiger partial charge on any atom is -0.342 e. The van der Waals surface area contributed by atoms with Crippen LogP contribution in [0.2, 0.25) is 0 Å². The maximum Gasteiger partial charge on any atom is 0.236 e. The fourth-order valence-corrected chi connectivity index (χ4v) is 3.48. The van der Waals surface area contributed by atoms with E-state index >= 15 is 0 Å². The number of aromatic amines is 1. The molecule has 1 N–H and O–H groups in total. The third kappa shape index (κ3) is 3.47. The Bertz CT molecular complexity index is 480. The van der Waals surface area contributed by atoms with Gasteiger partial charge in [-0.1, -0.05) is 0 Å². The summed E-state index contributed by atoms with van der Waals surface area (Å²) in [6, 6.07) is 0.588. The predicted octanol–water partition coefficient (Wildman–Crippen LogP) is 0.147. The van der Waals surface area contributed by atoms with E-state index in [1.807, 2.05) is 4.90 Å². The second kappa shape index (κ2) is 6.75. The number of hydrogen-bond donors (Lipinski definition) is 1. The summed E-state index contributed by atoms with van der Waals surface area (Å²) in [5.41, 5.74) is 0. The van der Waals surface area contributed by atoms with Gasteiger partial charge in [-0.15, -0.1) is 0 Å². The first-order valence-corrected chi connectivity index (χ1v) is 8.15. The maximum absolute atomic E-state index is 12.5. The number of rotatable bonds is 4. The molecule has 2 saturated heterocycles. The van der Waals surface area contributed by atoms with Gasteiger partial charge in [0.05, 0.1) is 6.54 Å². The lowest BCUT2D eigenvalue weighted by atomic mass is 9.96. The van der Waals surface area contributed by atoms with Gasteiger partial charge in [0.1, 0.15) is 12.2 Å². The van der Waals surface area contributed by atoms with Gasteiger partial charge in [0, 0.05) is 38.1 Å². The third-order valence-electron chi connectivity index (χ3n) is 5.00. The van der Waals surface area contributed by atoms with E-state index in [0.29, 0.717) is 18.5 Å². The van der Waals surface area contributed by atoms with Crippen LogP contribution in [0.3, 0.4) is 0 Å². The van der Waals surface area contributed by atoms with Crippen LogP contribution >= 0.6 is 0 Å². The fourth-order valence-electron chi connectivity index (χ4n) is 3.48. The highest BCUT2D eigenvalue weighted by Gasteiger charge is 2.29. The zero-order valence-corrected chi connectivity index (χ0v) is 13.5. The highest BCUT2D eigenvalue weighted by molar-refractivity contribution is 5.78. The molecule has 1 amide bonds. The van der Waals surface area contributed by atoms with Gasteiger partial charge in [-0.05, 0) is 33.4 Å². The van der Waals surface area contributed by atoms with E-state index in [9.17, 15) is 4.79 Å². The highest BCUT2D eigenvalue weighted by atomic mass is 16.2. The van der Waals surface area contributed by atoms with Crippen molar-refractivity contribution in [3.63, 3.8) is 0 Å². The number of H-pyrrole nitrogens is 1. The quantitative estimate of drug-likeness (QED) is 0.857. The van der Waals surface area contributed by atoms with Gasteiger partial charge in [-0.2, -0.15) is 5.10 Å². The Labute approximate surface area is 131 Å². The molecule has 7 heteroatoms. The second-order valence-corrected chi connectivity index (χ2v) is 6.67. The van der Waals surface area contributed by atoms with E-state index in [-0.39, 0.29) is 5.91 Å². The lowest BCUT2D eigenvalue weighted by Gasteiger charge is -2.32. The van der Waals surface area contributed by atoms with Crippen LogP contribution in [-0.4, -0.2) is 88.6 Å². The summed E-state index contributed by atoms with van der Waals surface area (Å²) in [5.74, 6) is 1.65. The van der Waals surface area contributed by atoms with E-state index in [0.717, 1.165) is 51.3 Å². The summed E-state index contributed by atoms with van der Waals surface area (Å²) in [5, 5.41) is 6.86. The van der Waals surface area contributed by atoms with Crippen molar-refractivity contribution in [3.05, 3.63) is 12.2 Å². The number of carbonyl (C=O) groups excluding carboxylic acids is 1. The van der Waals surface area contributed by atoms with Crippen LogP contribution in [0.15, 0.2) is 6.33 Å². The number of aromatic nitrogens is 3. The molecule has 2 aliphatic heterocycles. The zero-order valence-electron chi connectivity index (χ0n) is 13.5. The molecular formula is C15H26N6O. The molecule has 1 aromatic heterocycles. The number of nitrogens with zero attached hydrogens (tertiary/aromatic N) is 5. The molecule has 1 atom stereocenters. The van der Waals surface area contributed by atoms with Gasteiger partial charge in [0.15, 0.2) is 0 Å². The third-order valence-corrected chi connectivity index (χ3v) is 5.00. The van der Waals surface area contributed by atoms with Crippen molar-refractivity contribution in [2.45, 2.75) is 31.2 Å². The number of carbonyl (C=O) groups is 1. The summed E-state index contributed by atoms with van der Waals surface area (Å²) in [4.78, 5) is 23.2. The molecule has 22 heavy (non-hydrogen) atoms. The number of hydrogen-bond acceptors (Lipinski definition) is 5. The highest BCUT2D eigenvalue weighted by Crippen LogP contribution is 2.25. The monoisotopic (exact) mass is 306 g/mol. The topological polar surface area (TPSA) is 68.4 Å². The van der Waals surface area contributed by atoms with Crippen molar-refractivity contribution in [1.82, 2.24) is 29.9 Å². The van der Waals surface area contributed by atoms with Gasteiger partial charge in [-0.25, -0.2) is 4.98 Å². The molecule has 1 aromatic rings. The number of amides is 1. The summed E-state index contributed by atoms with van der Waals surface area (Å²) in [7, 11) is 4.23. The first kappa shape index (κ1) is 15.4. The first-order chi connectivity index (χ1) is 10.6. The predicted molar refractivity (Wildman–Crippen MR) is 83.5 cm³/mol. The number of likely N-dealkylation sites (N-methyl/N-ethyl adjacent to an activating group) is 1. The molecule has 2 fully saturated rings. The second-order valence-electron chi connectivity index (χ2n) is 6.67. The molecule has 0 aromatic carbocycles. The summed E-state index contributed by atoms with van der Waals surface area (Å²) in [6.45, 7) is 4.26. The minimum atomic E-state index is 0.274. The number of piperidine rings is 1. The van der Waals surface area contributed by atoms with Crippen molar-refractivity contribution in [1.29, 1.82) is 0 Å². The largest absolute Gasteiger partial charge is 0.342 e. The van der Waals surface area contributed by atoms with Crippen molar-refractivity contribution in [3.8, 4) is 0 Å². The molecule has 0 radical (unpaired) electrons. The minimum absolute atomic E-state index is 0.274. The van der Waals surface area contributed by atoms with E-state index < -0.39 is 0 Å². The Morgan fingerprint density at radius 2 is 2.09 bits per heavy atom. The molecule has 7 nitrogen and oxygen atoms in total. The van der Waals surface area contributed by atoms with E-state index in [1.165, 1.54) is 0 Å². The standard InChI is InChI=1S/C15H26N6O/c1-19(2)13-5-6-20(9-13)10-14(22)21-7-3-12(4-8-21)15-16-11-17-18-15/h11-13H,3-10H2,1-2H3,(H,16,17,18)/t13-/m0/s1. The van der Waals surface area contributed by atoms with Gasteiger partial charge >= 0.3 is 0 Å². The Morgan fingerprint density at radius 1 is 1.32 bits per heavy atom. The lowest BCUT2D eigenvalue weighted by Crippen LogP contribution is -2.44. The molecule has 3 rings (SSSR count). The smallest absolute Gasteiger partial charge is 0.236 e. The molecule has 122 valence electrons. The van der Waals surface area contributed by atoms with Gasteiger partial charge in [0.25, 0.3) is 0 Å². The zero-order chi connectivity index (χ0) is 15.5. The Kier molecular flexibility index (Phi) is 4.73. The molecule has 0 bridgehead atoms.